The van der Waals surface area contributed by atoms with Gasteiger partial charge in [0.25, 0.3) is 10.0 Å². The van der Waals surface area contributed by atoms with Crippen LogP contribution in [-0.2, 0) is 22.6 Å². The summed E-state index contributed by atoms with van der Waals surface area (Å²) < 4.78 is 65.7. The highest BCUT2D eigenvalue weighted by Gasteiger charge is 2.40. The van der Waals surface area contributed by atoms with Gasteiger partial charge in [-0.05, 0) is 30.2 Å². The normalized spacial score (nSPS) is 15.0. The van der Waals surface area contributed by atoms with Crippen molar-refractivity contribution in [2.45, 2.75) is 17.5 Å². The summed E-state index contributed by atoms with van der Waals surface area (Å²) in [6, 6.07) is 11.1. The molecule has 3 rings (SSSR count). The van der Waals surface area contributed by atoms with Gasteiger partial charge in [0.05, 0.1) is 16.1 Å². The second kappa shape index (κ2) is 5.01. The van der Waals surface area contributed by atoms with E-state index < -0.39 is 26.7 Å². The summed E-state index contributed by atoms with van der Waals surface area (Å²) >= 11 is 0. The average Bonchev–Trinajstić information content (AvgIpc) is 2.91. The minimum absolute atomic E-state index is 0.147. The van der Waals surface area contributed by atoms with Crippen molar-refractivity contribution in [3.05, 3.63) is 59.7 Å². The fourth-order valence-electron chi connectivity index (χ4n) is 2.60. The number of hydrogen-bond acceptors (Lipinski definition) is 2. The molecule has 0 N–H and O–H groups in total. The van der Waals surface area contributed by atoms with Crippen LogP contribution in [0.1, 0.15) is 11.1 Å². The number of benzene rings is 2. The SMILES string of the molecule is O=S(=O)(c1ccccc1C(F)(F)F)N1CCc2ccccc21. The number of hydrogen-bond donors (Lipinski definition) is 0. The van der Waals surface area contributed by atoms with Gasteiger partial charge in [-0.25, -0.2) is 8.42 Å². The van der Waals surface area contributed by atoms with E-state index >= 15 is 0 Å². The highest BCUT2D eigenvalue weighted by molar-refractivity contribution is 7.93. The summed E-state index contributed by atoms with van der Waals surface area (Å²) in [5.74, 6) is 0. The average molecular weight is 327 g/mol. The third kappa shape index (κ3) is 2.35. The van der Waals surface area contributed by atoms with Crippen LogP contribution in [0.3, 0.4) is 0 Å². The van der Waals surface area contributed by atoms with Gasteiger partial charge >= 0.3 is 6.18 Å². The van der Waals surface area contributed by atoms with E-state index in [-0.39, 0.29) is 6.54 Å². The maximum Gasteiger partial charge on any atom is 0.417 e. The van der Waals surface area contributed by atoms with Crippen molar-refractivity contribution in [3.63, 3.8) is 0 Å². The van der Waals surface area contributed by atoms with Crippen molar-refractivity contribution in [2.24, 2.45) is 0 Å². The topological polar surface area (TPSA) is 37.4 Å². The van der Waals surface area contributed by atoms with Gasteiger partial charge in [-0.3, -0.25) is 4.31 Å². The minimum atomic E-state index is -4.72. The van der Waals surface area contributed by atoms with E-state index in [0.717, 1.165) is 22.0 Å². The van der Waals surface area contributed by atoms with Crippen LogP contribution in [0, 0.1) is 0 Å². The molecule has 0 aliphatic carbocycles. The Labute approximate surface area is 126 Å². The summed E-state index contributed by atoms with van der Waals surface area (Å²) in [4.78, 5) is -0.709. The van der Waals surface area contributed by atoms with Gasteiger partial charge in [-0.1, -0.05) is 30.3 Å². The Morgan fingerprint density at radius 1 is 0.955 bits per heavy atom. The van der Waals surface area contributed by atoms with Gasteiger partial charge in [0.15, 0.2) is 0 Å². The van der Waals surface area contributed by atoms with E-state index in [2.05, 4.69) is 0 Å². The molecule has 3 nitrogen and oxygen atoms in total. The van der Waals surface area contributed by atoms with Crippen LogP contribution >= 0.6 is 0 Å². The number of halogens is 3. The van der Waals surface area contributed by atoms with Gasteiger partial charge in [-0.2, -0.15) is 13.2 Å². The molecule has 0 aromatic heterocycles. The highest BCUT2D eigenvalue weighted by Crippen LogP contribution is 2.38. The summed E-state index contributed by atoms with van der Waals surface area (Å²) in [5.41, 5.74) is 0.120. The molecule has 22 heavy (non-hydrogen) atoms. The molecule has 0 bridgehead atoms. The predicted octanol–water partition coefficient (Wildman–Crippen LogP) is 3.46. The van der Waals surface area contributed by atoms with Gasteiger partial charge in [0, 0.05) is 6.54 Å². The zero-order chi connectivity index (χ0) is 16.0. The summed E-state index contributed by atoms with van der Waals surface area (Å²) in [5, 5.41) is 0. The van der Waals surface area contributed by atoms with Crippen LogP contribution in [0.4, 0.5) is 18.9 Å². The molecule has 0 saturated carbocycles. The maximum atomic E-state index is 13.1. The fraction of sp³-hybridized carbons (Fsp3) is 0.200. The minimum Gasteiger partial charge on any atom is -0.266 e. The Morgan fingerprint density at radius 3 is 2.32 bits per heavy atom. The van der Waals surface area contributed by atoms with Crippen molar-refractivity contribution >= 4 is 15.7 Å². The number of para-hydroxylation sites is 1. The molecule has 2 aromatic carbocycles. The number of fused-ring (bicyclic) bond motifs is 1. The largest absolute Gasteiger partial charge is 0.417 e. The second-order valence-corrected chi connectivity index (χ2v) is 6.78. The first kappa shape index (κ1) is 14.9. The summed E-state index contributed by atoms with van der Waals surface area (Å²) in [6.07, 6.45) is -4.23. The molecule has 7 heteroatoms. The summed E-state index contributed by atoms with van der Waals surface area (Å²) in [6.45, 7) is 0.147. The fourth-order valence-corrected chi connectivity index (χ4v) is 4.32. The van der Waals surface area contributed by atoms with Crippen molar-refractivity contribution in [1.82, 2.24) is 0 Å². The Kier molecular flexibility index (Phi) is 3.40. The number of nitrogens with zero attached hydrogens (tertiary/aromatic N) is 1. The van der Waals surface area contributed by atoms with Crippen LogP contribution in [0.2, 0.25) is 0 Å². The molecule has 2 aromatic rings. The first-order valence-electron chi connectivity index (χ1n) is 6.59. The third-order valence-corrected chi connectivity index (χ3v) is 5.48. The first-order chi connectivity index (χ1) is 10.3. The van der Waals surface area contributed by atoms with E-state index in [4.69, 9.17) is 0 Å². The smallest absolute Gasteiger partial charge is 0.266 e. The maximum absolute atomic E-state index is 13.1. The molecule has 116 valence electrons. The summed E-state index contributed by atoms with van der Waals surface area (Å²) in [7, 11) is -4.25. The molecule has 0 unspecified atom stereocenters. The van der Waals surface area contributed by atoms with E-state index in [1.54, 1.807) is 24.3 Å². The number of rotatable bonds is 2. The van der Waals surface area contributed by atoms with Crippen LogP contribution in [0.25, 0.3) is 0 Å². The van der Waals surface area contributed by atoms with E-state index in [1.807, 2.05) is 0 Å². The van der Waals surface area contributed by atoms with Gasteiger partial charge in [0.2, 0.25) is 0 Å². The van der Waals surface area contributed by atoms with Gasteiger partial charge in [0.1, 0.15) is 0 Å². The van der Waals surface area contributed by atoms with E-state index in [0.29, 0.717) is 12.1 Å². The molecule has 1 heterocycles. The van der Waals surface area contributed by atoms with E-state index in [1.165, 1.54) is 12.1 Å². The lowest BCUT2D eigenvalue weighted by molar-refractivity contribution is -0.139. The van der Waals surface area contributed by atoms with Crippen LogP contribution in [-0.4, -0.2) is 15.0 Å². The van der Waals surface area contributed by atoms with Crippen LogP contribution in [0.5, 0.6) is 0 Å². The number of sulfonamides is 1. The molecule has 1 aliphatic rings. The molecular formula is C15H12F3NO2S. The van der Waals surface area contributed by atoms with Gasteiger partial charge < -0.3 is 0 Å². The molecule has 0 radical (unpaired) electrons. The van der Waals surface area contributed by atoms with Crippen LogP contribution < -0.4 is 4.31 Å². The van der Waals surface area contributed by atoms with Crippen molar-refractivity contribution in [2.75, 3.05) is 10.8 Å². The molecule has 0 fully saturated rings. The van der Waals surface area contributed by atoms with Crippen molar-refractivity contribution < 1.29 is 21.6 Å². The molecule has 0 atom stereocenters. The zero-order valence-corrected chi connectivity index (χ0v) is 12.2. The van der Waals surface area contributed by atoms with Gasteiger partial charge in [-0.15, -0.1) is 0 Å². The Morgan fingerprint density at radius 2 is 1.59 bits per heavy atom. The van der Waals surface area contributed by atoms with Crippen LogP contribution in [0.15, 0.2) is 53.4 Å². The predicted molar refractivity (Wildman–Crippen MR) is 76.1 cm³/mol. The molecule has 0 saturated heterocycles. The van der Waals surface area contributed by atoms with Crippen molar-refractivity contribution in [3.8, 4) is 0 Å². The standard InChI is InChI=1S/C15H12F3NO2S/c16-15(17,18)12-6-2-4-8-14(12)22(20,21)19-10-9-11-5-1-3-7-13(11)19/h1-8H,9-10H2. The van der Waals surface area contributed by atoms with Crippen molar-refractivity contribution in [1.29, 1.82) is 0 Å². The lowest BCUT2D eigenvalue weighted by Crippen LogP contribution is -2.30. The monoisotopic (exact) mass is 327 g/mol. The van der Waals surface area contributed by atoms with E-state index in [9.17, 15) is 21.6 Å². The molecular weight excluding hydrogens is 315 g/mol. The Bertz CT molecular complexity index is 816. The Balaban J connectivity index is 2.14. The zero-order valence-electron chi connectivity index (χ0n) is 11.3. The lowest BCUT2D eigenvalue weighted by Gasteiger charge is -2.22. The highest BCUT2D eigenvalue weighted by atomic mass is 32.2. The second-order valence-electron chi connectivity index (χ2n) is 4.95. The number of alkyl halides is 3. The lowest BCUT2D eigenvalue weighted by atomic mass is 10.2. The molecule has 1 aliphatic heterocycles. The first-order valence-corrected chi connectivity index (χ1v) is 8.03. The third-order valence-electron chi connectivity index (χ3n) is 3.61. The quantitative estimate of drug-likeness (QED) is 0.847. The molecule has 0 spiro atoms. The molecule has 0 amide bonds. The number of anilines is 1. The Hall–Kier alpha value is -2.02.